The maximum absolute atomic E-state index is 3.79. The zero-order chi connectivity index (χ0) is 6.41. The highest BCUT2D eigenvalue weighted by Crippen LogP contribution is 2.02. The Kier molecular flexibility index (Phi) is 3.95. The molecule has 0 amide bonds. The molecule has 0 bridgehead atoms. The third kappa shape index (κ3) is 3.41. The summed E-state index contributed by atoms with van der Waals surface area (Å²) in [5.74, 6) is 0. The number of hydrogen-bond acceptors (Lipinski definition) is 0. The molecule has 0 aliphatic carbocycles. The average Bonchev–Trinajstić information content (AvgIpc) is 1.68. The monoisotopic (exact) mass is 108 g/mol. The molecule has 0 aromatic heterocycles. The number of rotatable bonds is 4. The van der Waals surface area contributed by atoms with E-state index in [4.69, 9.17) is 0 Å². The molecule has 0 radical (unpaired) electrons. The first-order valence-electron chi connectivity index (χ1n) is 2.69. The quantitative estimate of drug-likeness (QED) is 0.486. The summed E-state index contributed by atoms with van der Waals surface area (Å²) >= 11 is 0. The lowest BCUT2D eigenvalue weighted by Crippen LogP contribution is -1.72. The van der Waals surface area contributed by atoms with E-state index in [2.05, 4.69) is 19.7 Å². The minimum Gasteiger partial charge on any atom is -0.103 e. The lowest BCUT2D eigenvalue weighted by molar-refractivity contribution is 1.13. The smallest absolute Gasteiger partial charge is 0.0141 e. The van der Waals surface area contributed by atoms with Crippen LogP contribution >= 0.6 is 0 Å². The molecule has 0 fully saturated rings. The molecule has 0 aromatic rings. The Bertz CT molecular complexity index is 86.6. The van der Waals surface area contributed by atoms with Crippen molar-refractivity contribution in [3.8, 4) is 0 Å². The first-order chi connectivity index (χ1) is 3.81. The Morgan fingerprint density at radius 2 is 1.50 bits per heavy atom. The van der Waals surface area contributed by atoms with Crippen LogP contribution in [0.5, 0.6) is 0 Å². The van der Waals surface area contributed by atoms with Crippen LogP contribution in [0.4, 0.5) is 0 Å². The van der Waals surface area contributed by atoms with E-state index in [0.717, 1.165) is 12.8 Å². The fraction of sp³-hybridized carbons (Fsp3) is 0.250. The van der Waals surface area contributed by atoms with E-state index in [1.807, 2.05) is 12.2 Å². The van der Waals surface area contributed by atoms with E-state index in [9.17, 15) is 0 Å². The number of hydrogen-bond donors (Lipinski definition) is 0. The molecular weight excluding hydrogens is 96.1 g/mol. The van der Waals surface area contributed by atoms with Crippen molar-refractivity contribution in [1.82, 2.24) is 0 Å². The van der Waals surface area contributed by atoms with Crippen LogP contribution in [0, 0.1) is 0 Å². The Labute approximate surface area is 51.2 Å². The molecule has 0 unspecified atom stereocenters. The van der Waals surface area contributed by atoms with Crippen molar-refractivity contribution in [2.45, 2.75) is 12.8 Å². The molecule has 0 spiro atoms. The average molecular weight is 108 g/mol. The third-order valence-corrected chi connectivity index (χ3v) is 0.866. The van der Waals surface area contributed by atoms with Gasteiger partial charge in [0.25, 0.3) is 0 Å². The SMILES string of the molecule is C=CCC(=C)CC=C. The van der Waals surface area contributed by atoms with Gasteiger partial charge in [-0.3, -0.25) is 0 Å². The highest BCUT2D eigenvalue weighted by molar-refractivity contribution is 5.03. The molecule has 0 nitrogen and oxygen atoms in total. The summed E-state index contributed by atoms with van der Waals surface area (Å²) in [7, 11) is 0. The van der Waals surface area contributed by atoms with Crippen LogP contribution < -0.4 is 0 Å². The van der Waals surface area contributed by atoms with Crippen LogP contribution in [0.1, 0.15) is 12.8 Å². The van der Waals surface area contributed by atoms with Crippen molar-refractivity contribution in [3.63, 3.8) is 0 Å². The Morgan fingerprint density at radius 1 is 1.12 bits per heavy atom. The lowest BCUT2D eigenvalue weighted by atomic mass is 10.1. The lowest BCUT2D eigenvalue weighted by Gasteiger charge is -1.92. The largest absolute Gasteiger partial charge is 0.103 e. The summed E-state index contributed by atoms with van der Waals surface area (Å²) in [5, 5.41) is 0. The summed E-state index contributed by atoms with van der Waals surface area (Å²) in [6.07, 6.45) is 5.52. The van der Waals surface area contributed by atoms with Gasteiger partial charge in [0, 0.05) is 0 Å². The van der Waals surface area contributed by atoms with Crippen LogP contribution in [-0.4, -0.2) is 0 Å². The van der Waals surface area contributed by atoms with E-state index < -0.39 is 0 Å². The molecule has 0 saturated heterocycles. The van der Waals surface area contributed by atoms with Gasteiger partial charge in [0.2, 0.25) is 0 Å². The normalized spacial score (nSPS) is 8.00. The van der Waals surface area contributed by atoms with Crippen molar-refractivity contribution in [1.29, 1.82) is 0 Å². The fourth-order valence-corrected chi connectivity index (χ4v) is 0.492. The Balaban J connectivity index is 3.32. The molecule has 0 atom stereocenters. The van der Waals surface area contributed by atoms with Gasteiger partial charge >= 0.3 is 0 Å². The molecule has 0 heterocycles. The van der Waals surface area contributed by atoms with Gasteiger partial charge in [0.1, 0.15) is 0 Å². The first kappa shape index (κ1) is 7.22. The van der Waals surface area contributed by atoms with Crippen molar-refractivity contribution >= 4 is 0 Å². The summed E-state index contributed by atoms with van der Waals surface area (Å²) < 4.78 is 0. The molecule has 0 rings (SSSR count). The van der Waals surface area contributed by atoms with Crippen LogP contribution in [-0.2, 0) is 0 Å². The van der Waals surface area contributed by atoms with E-state index in [1.54, 1.807) is 0 Å². The highest BCUT2D eigenvalue weighted by Gasteiger charge is 1.82. The van der Waals surface area contributed by atoms with Gasteiger partial charge in [-0.15, -0.1) is 13.2 Å². The van der Waals surface area contributed by atoms with Gasteiger partial charge in [-0.25, -0.2) is 0 Å². The maximum Gasteiger partial charge on any atom is -0.0141 e. The molecule has 0 aliphatic heterocycles. The second kappa shape index (κ2) is 4.38. The second-order valence-electron chi connectivity index (χ2n) is 1.74. The van der Waals surface area contributed by atoms with E-state index in [1.165, 1.54) is 5.57 Å². The van der Waals surface area contributed by atoms with Crippen LogP contribution in [0.15, 0.2) is 37.5 Å². The maximum atomic E-state index is 3.79. The van der Waals surface area contributed by atoms with E-state index >= 15 is 0 Å². The predicted molar refractivity (Wildman–Crippen MR) is 38.8 cm³/mol. The van der Waals surface area contributed by atoms with Gasteiger partial charge in [-0.05, 0) is 12.8 Å². The van der Waals surface area contributed by atoms with Gasteiger partial charge in [-0.2, -0.15) is 0 Å². The van der Waals surface area contributed by atoms with E-state index in [0.29, 0.717) is 0 Å². The topological polar surface area (TPSA) is 0 Å². The van der Waals surface area contributed by atoms with Crippen LogP contribution in [0.25, 0.3) is 0 Å². The molecule has 0 aromatic carbocycles. The van der Waals surface area contributed by atoms with Crippen molar-refractivity contribution < 1.29 is 0 Å². The first-order valence-corrected chi connectivity index (χ1v) is 2.69. The molecule has 8 heavy (non-hydrogen) atoms. The summed E-state index contributed by atoms with van der Waals surface area (Å²) in [6.45, 7) is 11.0. The molecule has 0 aliphatic rings. The van der Waals surface area contributed by atoms with Gasteiger partial charge < -0.3 is 0 Å². The Morgan fingerprint density at radius 3 is 1.75 bits per heavy atom. The molecule has 0 saturated carbocycles. The Hall–Kier alpha value is -0.780. The van der Waals surface area contributed by atoms with Gasteiger partial charge in [0.05, 0.1) is 0 Å². The van der Waals surface area contributed by atoms with Crippen molar-refractivity contribution in [3.05, 3.63) is 37.5 Å². The minimum atomic E-state index is 0.909. The van der Waals surface area contributed by atoms with Gasteiger partial charge in [0.15, 0.2) is 0 Å². The summed E-state index contributed by atoms with van der Waals surface area (Å²) in [5.41, 5.74) is 1.18. The molecule has 0 heteroatoms. The number of allylic oxidation sites excluding steroid dienone is 3. The molecule has 0 N–H and O–H groups in total. The van der Waals surface area contributed by atoms with Crippen molar-refractivity contribution in [2.24, 2.45) is 0 Å². The van der Waals surface area contributed by atoms with Gasteiger partial charge in [-0.1, -0.05) is 24.3 Å². The molecular formula is C8H12. The van der Waals surface area contributed by atoms with Crippen molar-refractivity contribution in [2.75, 3.05) is 0 Å². The van der Waals surface area contributed by atoms with Crippen LogP contribution in [0.3, 0.4) is 0 Å². The zero-order valence-electron chi connectivity index (χ0n) is 5.19. The zero-order valence-corrected chi connectivity index (χ0v) is 5.19. The standard InChI is InChI=1S/C8H12/c1-4-6-8(3)7-5-2/h4-5H,1-3,6-7H2. The minimum absolute atomic E-state index is 0.909. The molecule has 44 valence electrons. The summed E-state index contributed by atoms with van der Waals surface area (Å²) in [6, 6.07) is 0. The second-order valence-corrected chi connectivity index (χ2v) is 1.74. The predicted octanol–water partition coefficient (Wildman–Crippen LogP) is 2.69. The van der Waals surface area contributed by atoms with Crippen LogP contribution in [0.2, 0.25) is 0 Å². The highest BCUT2D eigenvalue weighted by atomic mass is 13.9. The fourth-order valence-electron chi connectivity index (χ4n) is 0.492. The van der Waals surface area contributed by atoms with E-state index in [-0.39, 0.29) is 0 Å². The third-order valence-electron chi connectivity index (χ3n) is 0.866. The summed E-state index contributed by atoms with van der Waals surface area (Å²) in [4.78, 5) is 0.